The van der Waals surface area contributed by atoms with E-state index in [1.807, 2.05) is 0 Å². The molecule has 2 aliphatic rings. The van der Waals surface area contributed by atoms with E-state index in [1.165, 1.54) is 24.1 Å². The minimum Gasteiger partial charge on any atom is -0.476 e. The number of fused-ring (bicyclic) bond motifs is 1. The van der Waals surface area contributed by atoms with Gasteiger partial charge in [0.15, 0.2) is 0 Å². The van der Waals surface area contributed by atoms with E-state index in [2.05, 4.69) is 22.4 Å². The Morgan fingerprint density at radius 2 is 2.29 bits per heavy atom. The molecule has 3 nitrogen and oxygen atoms in total. The van der Waals surface area contributed by atoms with Crippen LogP contribution in [0.5, 0.6) is 5.88 Å². The van der Waals surface area contributed by atoms with E-state index in [9.17, 15) is 0 Å². The number of pyridine rings is 1. The lowest BCUT2D eigenvalue weighted by molar-refractivity contribution is 0.313. The van der Waals surface area contributed by atoms with Crippen LogP contribution >= 0.6 is 0 Å². The number of hydrogen-bond donors (Lipinski definition) is 1. The van der Waals surface area contributed by atoms with Crippen LogP contribution in [0.3, 0.4) is 0 Å². The second-order valence-electron chi connectivity index (χ2n) is 4.00. The molecule has 0 saturated heterocycles. The third-order valence-electron chi connectivity index (χ3n) is 2.79. The molecule has 1 fully saturated rings. The fraction of sp³-hybridized carbons (Fsp3) is 0.545. The molecule has 1 aliphatic carbocycles. The van der Waals surface area contributed by atoms with Gasteiger partial charge in [-0.25, -0.2) is 4.98 Å². The van der Waals surface area contributed by atoms with E-state index in [4.69, 9.17) is 4.74 Å². The summed E-state index contributed by atoms with van der Waals surface area (Å²) in [5.41, 5.74) is 2.40. The highest BCUT2D eigenvalue weighted by Gasteiger charge is 2.26. The molecule has 3 rings (SSSR count). The Kier molecular flexibility index (Phi) is 1.91. The second-order valence-corrected chi connectivity index (χ2v) is 4.00. The van der Waals surface area contributed by atoms with Gasteiger partial charge in [-0.3, -0.25) is 0 Å². The van der Waals surface area contributed by atoms with Crippen molar-refractivity contribution in [1.82, 2.24) is 10.3 Å². The van der Waals surface area contributed by atoms with Crippen LogP contribution in [0, 0.1) is 0 Å². The molecule has 14 heavy (non-hydrogen) atoms. The van der Waals surface area contributed by atoms with Gasteiger partial charge in [-0.15, -0.1) is 0 Å². The molecular weight excluding hydrogens is 176 g/mol. The molecule has 3 heteroatoms. The second kappa shape index (κ2) is 3.24. The Hall–Kier alpha value is -1.09. The smallest absolute Gasteiger partial charge is 0.218 e. The Balaban J connectivity index is 1.94. The maximum Gasteiger partial charge on any atom is 0.218 e. The van der Waals surface area contributed by atoms with Crippen molar-refractivity contribution in [3.8, 4) is 5.88 Å². The lowest BCUT2D eigenvalue weighted by atomic mass is 10.2. The minimum atomic E-state index is 0.708. The third-order valence-corrected chi connectivity index (χ3v) is 2.79. The van der Waals surface area contributed by atoms with Gasteiger partial charge in [0, 0.05) is 30.3 Å². The maximum absolute atomic E-state index is 5.59. The summed E-state index contributed by atoms with van der Waals surface area (Å²) < 4.78 is 5.59. The zero-order valence-electron chi connectivity index (χ0n) is 8.12. The van der Waals surface area contributed by atoms with Crippen molar-refractivity contribution >= 4 is 0 Å². The van der Waals surface area contributed by atoms with E-state index >= 15 is 0 Å². The topological polar surface area (TPSA) is 34.1 Å². The fourth-order valence-corrected chi connectivity index (χ4v) is 1.79. The first-order valence-corrected chi connectivity index (χ1v) is 5.27. The van der Waals surface area contributed by atoms with Crippen molar-refractivity contribution in [3.63, 3.8) is 0 Å². The highest BCUT2D eigenvalue weighted by atomic mass is 16.5. The Labute approximate surface area is 83.5 Å². The maximum atomic E-state index is 5.59. The minimum absolute atomic E-state index is 0.708. The normalized spacial score (nSPS) is 20.9. The molecule has 1 aliphatic heterocycles. The van der Waals surface area contributed by atoms with Crippen LogP contribution in [0.4, 0.5) is 0 Å². The SMILES string of the molecule is c1cc2c(nc1C1CC1)OCCNC2. The molecule has 0 radical (unpaired) electrons. The predicted octanol–water partition coefficient (Wildman–Crippen LogP) is 1.44. The van der Waals surface area contributed by atoms with Crippen LogP contribution in [0.25, 0.3) is 0 Å². The van der Waals surface area contributed by atoms with Crippen LogP contribution in [0.2, 0.25) is 0 Å². The van der Waals surface area contributed by atoms with Gasteiger partial charge in [0.2, 0.25) is 5.88 Å². The quantitative estimate of drug-likeness (QED) is 0.727. The number of nitrogens with zero attached hydrogens (tertiary/aromatic N) is 1. The van der Waals surface area contributed by atoms with Gasteiger partial charge >= 0.3 is 0 Å². The summed E-state index contributed by atoms with van der Waals surface area (Å²) in [7, 11) is 0. The van der Waals surface area contributed by atoms with Crippen LogP contribution in [0.15, 0.2) is 12.1 Å². The summed E-state index contributed by atoms with van der Waals surface area (Å²) in [5, 5.41) is 3.30. The van der Waals surface area contributed by atoms with Crippen molar-refractivity contribution < 1.29 is 4.74 Å². The van der Waals surface area contributed by atoms with E-state index < -0.39 is 0 Å². The van der Waals surface area contributed by atoms with Crippen molar-refractivity contribution in [2.24, 2.45) is 0 Å². The molecule has 0 spiro atoms. The summed E-state index contributed by atoms with van der Waals surface area (Å²) >= 11 is 0. The number of hydrogen-bond acceptors (Lipinski definition) is 3. The number of ether oxygens (including phenoxy) is 1. The summed E-state index contributed by atoms with van der Waals surface area (Å²) in [6.45, 7) is 2.52. The van der Waals surface area contributed by atoms with Gasteiger partial charge in [-0.2, -0.15) is 0 Å². The molecule has 1 N–H and O–H groups in total. The average Bonchev–Trinajstić information content (AvgIpc) is 3.04. The van der Waals surface area contributed by atoms with Crippen molar-refractivity contribution in [2.45, 2.75) is 25.3 Å². The summed E-state index contributed by atoms with van der Waals surface area (Å²) in [4.78, 5) is 4.57. The molecule has 2 heterocycles. The van der Waals surface area contributed by atoms with E-state index in [0.717, 1.165) is 25.6 Å². The van der Waals surface area contributed by atoms with Gasteiger partial charge in [0.1, 0.15) is 6.61 Å². The molecule has 0 amide bonds. The predicted molar refractivity (Wildman–Crippen MR) is 53.4 cm³/mol. The van der Waals surface area contributed by atoms with Crippen LogP contribution in [0.1, 0.15) is 30.0 Å². The third kappa shape index (κ3) is 1.48. The van der Waals surface area contributed by atoms with Crippen molar-refractivity contribution in [1.29, 1.82) is 0 Å². The Morgan fingerprint density at radius 1 is 1.36 bits per heavy atom. The number of aromatic nitrogens is 1. The molecule has 1 aromatic rings. The Morgan fingerprint density at radius 3 is 3.14 bits per heavy atom. The number of nitrogens with one attached hydrogen (secondary N) is 1. The first-order valence-electron chi connectivity index (χ1n) is 5.27. The summed E-state index contributed by atoms with van der Waals surface area (Å²) in [6.07, 6.45) is 2.59. The molecule has 0 aromatic carbocycles. The highest BCUT2D eigenvalue weighted by Crippen LogP contribution is 2.39. The monoisotopic (exact) mass is 190 g/mol. The molecule has 1 saturated carbocycles. The van der Waals surface area contributed by atoms with Gasteiger partial charge in [-0.1, -0.05) is 6.07 Å². The van der Waals surface area contributed by atoms with Crippen LogP contribution in [-0.4, -0.2) is 18.1 Å². The van der Waals surface area contributed by atoms with Crippen molar-refractivity contribution in [2.75, 3.05) is 13.2 Å². The van der Waals surface area contributed by atoms with Gasteiger partial charge < -0.3 is 10.1 Å². The highest BCUT2D eigenvalue weighted by molar-refractivity contribution is 5.31. The first-order chi connectivity index (χ1) is 6.93. The van der Waals surface area contributed by atoms with Crippen LogP contribution in [-0.2, 0) is 6.54 Å². The lowest BCUT2D eigenvalue weighted by Crippen LogP contribution is -2.16. The molecule has 0 unspecified atom stereocenters. The zero-order valence-corrected chi connectivity index (χ0v) is 8.12. The molecule has 74 valence electrons. The zero-order chi connectivity index (χ0) is 9.38. The fourth-order valence-electron chi connectivity index (χ4n) is 1.79. The first kappa shape index (κ1) is 8.24. The van der Waals surface area contributed by atoms with E-state index in [0.29, 0.717) is 5.92 Å². The molecule has 0 atom stereocenters. The van der Waals surface area contributed by atoms with E-state index in [1.54, 1.807) is 0 Å². The van der Waals surface area contributed by atoms with Crippen molar-refractivity contribution in [3.05, 3.63) is 23.4 Å². The van der Waals surface area contributed by atoms with Crippen LogP contribution < -0.4 is 10.1 Å². The van der Waals surface area contributed by atoms with Gasteiger partial charge in [-0.05, 0) is 18.9 Å². The molecule has 0 bridgehead atoms. The number of rotatable bonds is 1. The lowest BCUT2D eigenvalue weighted by Gasteiger charge is -2.06. The Bertz CT molecular complexity index is 347. The molecule has 1 aromatic heterocycles. The van der Waals surface area contributed by atoms with Gasteiger partial charge in [0.05, 0.1) is 0 Å². The standard InChI is InChI=1S/C11H14N2O/c1-2-8(1)10-4-3-9-7-12-5-6-14-11(9)13-10/h3-4,8,12H,1-2,5-7H2. The summed E-state index contributed by atoms with van der Waals surface area (Å²) in [6, 6.07) is 4.29. The summed E-state index contributed by atoms with van der Waals surface area (Å²) in [5.74, 6) is 1.56. The average molecular weight is 190 g/mol. The van der Waals surface area contributed by atoms with E-state index in [-0.39, 0.29) is 0 Å². The van der Waals surface area contributed by atoms with Gasteiger partial charge in [0.25, 0.3) is 0 Å². The largest absolute Gasteiger partial charge is 0.476 e. The molecular formula is C11H14N2O.